The van der Waals surface area contributed by atoms with E-state index < -0.39 is 124 Å². The van der Waals surface area contributed by atoms with Gasteiger partial charge in [0.2, 0.25) is 47.3 Å². The van der Waals surface area contributed by atoms with Gasteiger partial charge in [0.15, 0.2) is 5.75 Å². The number of hydrogen-bond donors (Lipinski definition) is 7. The van der Waals surface area contributed by atoms with Gasteiger partial charge in [0.1, 0.15) is 48.4 Å². The molecule has 2 aromatic heterocycles. The first-order chi connectivity index (χ1) is 38.7. The first-order valence-electron chi connectivity index (χ1n) is 27.8. The number of epoxide rings is 1. The highest BCUT2D eigenvalue weighted by Gasteiger charge is 2.43. The molecule has 2 saturated heterocycles. The molecular weight excluding hydrogens is 1060 g/mol. The number of furan rings is 1. The topological polar surface area (TPSA) is 309 Å². The number of nitrogens with one attached hydrogen (secondary N) is 6. The van der Waals surface area contributed by atoms with Crippen molar-refractivity contribution in [3.8, 4) is 5.75 Å². The van der Waals surface area contributed by atoms with Gasteiger partial charge in [0.05, 0.1) is 29.6 Å². The summed E-state index contributed by atoms with van der Waals surface area (Å²) in [6, 6.07) is 2.97. The van der Waals surface area contributed by atoms with Gasteiger partial charge in [-0.15, -0.1) is 0 Å². The number of amides is 8. The van der Waals surface area contributed by atoms with Crippen LogP contribution in [0.3, 0.4) is 0 Å². The number of nitrogens with zero attached hydrogens (tertiary/aromatic N) is 4. The molecule has 23 nitrogen and oxygen atoms in total. The summed E-state index contributed by atoms with van der Waals surface area (Å²) < 4.78 is 13.0. The van der Waals surface area contributed by atoms with Gasteiger partial charge in [-0.1, -0.05) is 71.0 Å². The van der Waals surface area contributed by atoms with Gasteiger partial charge in [-0.2, -0.15) is 0 Å². The van der Waals surface area contributed by atoms with E-state index in [0.29, 0.717) is 17.7 Å². The van der Waals surface area contributed by atoms with E-state index in [-0.39, 0.29) is 62.2 Å². The van der Waals surface area contributed by atoms with Crippen LogP contribution in [0.2, 0.25) is 0 Å². The van der Waals surface area contributed by atoms with E-state index in [1.807, 2.05) is 72.0 Å². The molecule has 0 radical (unpaired) electrons. The molecule has 0 aliphatic carbocycles. The highest BCUT2D eigenvalue weighted by molar-refractivity contribution is 5.99. The van der Waals surface area contributed by atoms with Gasteiger partial charge in [0, 0.05) is 68.1 Å². The summed E-state index contributed by atoms with van der Waals surface area (Å²) in [6.07, 6.45) is 7.39. The van der Waals surface area contributed by atoms with E-state index >= 15 is 4.79 Å². The van der Waals surface area contributed by atoms with Crippen LogP contribution in [0.4, 0.5) is 5.69 Å². The molecule has 2 fully saturated rings. The Hall–Kier alpha value is -8.08. The van der Waals surface area contributed by atoms with Crippen molar-refractivity contribution in [1.29, 1.82) is 0 Å². The van der Waals surface area contributed by atoms with Crippen LogP contribution < -0.4 is 31.9 Å². The van der Waals surface area contributed by atoms with Crippen LogP contribution in [0.1, 0.15) is 105 Å². The summed E-state index contributed by atoms with van der Waals surface area (Å²) in [7, 11) is 2.72. The fourth-order valence-corrected chi connectivity index (χ4v) is 10.3. The van der Waals surface area contributed by atoms with Crippen molar-refractivity contribution < 1.29 is 57.5 Å². The fourth-order valence-electron chi connectivity index (χ4n) is 10.3. The summed E-state index contributed by atoms with van der Waals surface area (Å²) in [6.45, 7) is 16.7. The Labute approximate surface area is 477 Å². The van der Waals surface area contributed by atoms with Gasteiger partial charge >= 0.3 is 5.69 Å². The maximum absolute atomic E-state index is 15.4. The van der Waals surface area contributed by atoms with E-state index in [1.54, 1.807) is 32.1 Å². The van der Waals surface area contributed by atoms with E-state index in [0.717, 1.165) is 27.9 Å². The molecule has 9 atom stereocenters. The van der Waals surface area contributed by atoms with Crippen LogP contribution in [-0.4, -0.2) is 141 Å². The minimum absolute atomic E-state index is 0.0434. The van der Waals surface area contributed by atoms with Crippen molar-refractivity contribution in [1.82, 2.24) is 46.3 Å². The SMILES string of the molecule is C/C=C/C[C@@H]1NC(=O)[C@H](CC(C)C)NC(=O)[C@H](CC(C)C(=O)NCc2ccoc2)N(C)C(=O)[C@H](C)NC(=O)[C@H](Cc2ccc(O)c([N+](=O)[O-])c2)NC(=O)[C@H](CC(C)C)N(C)C(=O)[C@H](Cc2cn(C(C)(C)C3CO3)c3ccccc23)NC1=O. The molecule has 4 aromatic rings. The van der Waals surface area contributed by atoms with Crippen molar-refractivity contribution in [2.24, 2.45) is 17.8 Å². The third kappa shape index (κ3) is 15.9. The van der Waals surface area contributed by atoms with Crippen molar-refractivity contribution in [3.63, 3.8) is 0 Å². The minimum Gasteiger partial charge on any atom is -0.502 e. The molecule has 0 bridgehead atoms. The van der Waals surface area contributed by atoms with E-state index in [4.69, 9.17) is 9.15 Å². The first kappa shape index (κ1) is 63.1. The number of nitro benzene ring substituents is 1. The standard InChI is InChI=1S/C59H80N10O13/c1-12-13-17-41-52(72)65-44(28-39-30-68(59(8,9)50-32-82-50)45-18-15-14-16-40(39)45)58(78)67(11)47(24-34(4)5)55(75)64-43(26-37-19-20-49(70)46(27-37)69(79)80)53(73)61-36(7)57(77)66(10)48(56(76)63-42(23-33(2)3)54(74)62-41)25-35(6)51(71)60-29-38-21-22-81-31-38/h12-16,18-22,27,30-31,33-36,41-44,47-48,50,70H,17,23-26,28-29,32H2,1-11H3,(H,60,71)(H,61,73)(H,62,74)(H,63,76)(H,64,75)(H,65,72)/b13-12+/t35?,36-,41-,42-,43-,44-,47-,48-,50?/m0/s1. The molecule has 0 spiro atoms. The summed E-state index contributed by atoms with van der Waals surface area (Å²) >= 11 is 0. The van der Waals surface area contributed by atoms with Crippen molar-refractivity contribution in [2.75, 3.05) is 20.7 Å². The van der Waals surface area contributed by atoms with Crippen LogP contribution in [0.5, 0.6) is 5.75 Å². The highest BCUT2D eigenvalue weighted by atomic mass is 16.6. The number of allylic oxidation sites excluding steroid dienone is 1. The number of fused-ring (bicyclic) bond motifs is 1. The van der Waals surface area contributed by atoms with Crippen LogP contribution in [0, 0.1) is 27.9 Å². The number of carbonyl (C=O) groups is 8. The number of hydrogen-bond acceptors (Lipinski definition) is 13. The zero-order valence-corrected chi connectivity index (χ0v) is 48.6. The number of phenolic OH excluding ortho intramolecular Hbond substituents is 1. The van der Waals surface area contributed by atoms with Crippen molar-refractivity contribution in [3.05, 3.63) is 106 Å². The number of ether oxygens (including phenoxy) is 1. The lowest BCUT2D eigenvalue weighted by atomic mass is 9.97. The molecule has 2 aliphatic rings. The average molecular weight is 1140 g/mol. The Balaban J connectivity index is 1.48. The smallest absolute Gasteiger partial charge is 0.310 e. The monoisotopic (exact) mass is 1140 g/mol. The fraction of sp³-hybridized carbons (Fsp3) is 0.525. The van der Waals surface area contributed by atoms with Crippen molar-refractivity contribution >= 4 is 63.8 Å². The molecule has 4 heterocycles. The number of benzene rings is 2. The summed E-state index contributed by atoms with van der Waals surface area (Å²) in [5.74, 6) is -8.09. The summed E-state index contributed by atoms with van der Waals surface area (Å²) in [5.41, 5.74) is 1.13. The Kier molecular flexibility index (Phi) is 21.2. The number of likely N-dealkylation sites (N-methyl/N-ethyl adjacent to an activating group) is 2. The van der Waals surface area contributed by atoms with E-state index in [1.165, 1.54) is 44.5 Å². The molecule has 444 valence electrons. The average Bonchev–Trinajstić information content (AvgIpc) is 3.10. The highest BCUT2D eigenvalue weighted by Crippen LogP contribution is 2.36. The zero-order valence-electron chi connectivity index (χ0n) is 48.6. The number of carbonyl (C=O) groups excluding carboxylic acids is 8. The van der Waals surface area contributed by atoms with Crippen LogP contribution in [-0.2, 0) is 68.0 Å². The molecule has 2 aromatic carbocycles. The molecule has 82 heavy (non-hydrogen) atoms. The Morgan fingerprint density at radius 2 is 1.38 bits per heavy atom. The molecule has 7 N–H and O–H groups in total. The summed E-state index contributed by atoms with van der Waals surface area (Å²) in [5, 5.41) is 39.9. The number of aromatic nitrogens is 1. The van der Waals surface area contributed by atoms with Gasteiger partial charge < -0.3 is 60.5 Å². The first-order valence-corrected chi connectivity index (χ1v) is 27.8. The molecule has 6 rings (SSSR count). The second-order valence-electron chi connectivity index (χ2n) is 23.0. The number of rotatable bonds is 18. The Morgan fingerprint density at radius 1 is 0.780 bits per heavy atom. The third-order valence-electron chi connectivity index (χ3n) is 15.2. The number of nitro groups is 1. The van der Waals surface area contributed by atoms with Crippen molar-refractivity contribution in [2.45, 2.75) is 161 Å². The maximum atomic E-state index is 15.4. The predicted octanol–water partition coefficient (Wildman–Crippen LogP) is 4.28. The number of phenols is 1. The van der Waals surface area contributed by atoms with E-state index in [2.05, 4.69) is 36.5 Å². The lowest BCUT2D eigenvalue weighted by Crippen LogP contribution is -2.60. The van der Waals surface area contributed by atoms with Crippen LogP contribution >= 0.6 is 0 Å². The molecular formula is C59H80N10O13. The Morgan fingerprint density at radius 3 is 2.00 bits per heavy atom. The van der Waals surface area contributed by atoms with Gasteiger partial charge in [-0.3, -0.25) is 48.5 Å². The normalized spacial score (nSPS) is 23.5. The quantitative estimate of drug-likeness (QED) is 0.0317. The second kappa shape index (κ2) is 27.6. The predicted molar refractivity (Wildman–Crippen MR) is 304 cm³/mol. The summed E-state index contributed by atoms with van der Waals surface area (Å²) in [4.78, 5) is 131. The number of aromatic hydroxyl groups is 1. The molecule has 0 saturated carbocycles. The van der Waals surface area contributed by atoms with Gasteiger partial charge in [-0.05, 0) is 94.5 Å². The van der Waals surface area contributed by atoms with Gasteiger partial charge in [0.25, 0.3) is 0 Å². The molecule has 8 amide bonds. The number of para-hydroxylation sites is 1. The van der Waals surface area contributed by atoms with Crippen LogP contribution in [0.15, 0.2) is 83.8 Å². The van der Waals surface area contributed by atoms with Gasteiger partial charge in [-0.25, -0.2) is 0 Å². The largest absolute Gasteiger partial charge is 0.502 e. The molecule has 2 aliphatic heterocycles. The lowest BCUT2D eigenvalue weighted by Gasteiger charge is -2.33. The molecule has 2 unspecified atom stereocenters. The molecule has 23 heteroatoms. The third-order valence-corrected chi connectivity index (χ3v) is 15.2. The Bertz CT molecular complexity index is 3000. The maximum Gasteiger partial charge on any atom is 0.310 e. The lowest BCUT2D eigenvalue weighted by molar-refractivity contribution is -0.385. The van der Waals surface area contributed by atoms with E-state index in [9.17, 15) is 48.8 Å². The van der Waals surface area contributed by atoms with Crippen LogP contribution in [0.25, 0.3) is 10.9 Å². The second-order valence-corrected chi connectivity index (χ2v) is 23.0. The zero-order chi connectivity index (χ0) is 60.3. The minimum atomic E-state index is -1.58.